The van der Waals surface area contributed by atoms with Crippen molar-refractivity contribution in [1.29, 1.82) is 0 Å². The highest BCUT2D eigenvalue weighted by Gasteiger charge is 2.35. The molecule has 88 valence electrons. The Balaban J connectivity index is 2.99. The second kappa shape index (κ2) is 5.37. The number of hydrogen-bond donors (Lipinski definition) is 2. The summed E-state index contributed by atoms with van der Waals surface area (Å²) in [5, 5.41) is 19.0. The van der Waals surface area contributed by atoms with Crippen LogP contribution in [0.2, 0.25) is 0 Å². The molecule has 1 atom stereocenters. The van der Waals surface area contributed by atoms with Gasteiger partial charge in [-0.05, 0) is 29.9 Å². The summed E-state index contributed by atoms with van der Waals surface area (Å²) in [6.07, 6.45) is 0.155. The molecule has 0 aromatic heterocycles. The van der Waals surface area contributed by atoms with E-state index in [-0.39, 0.29) is 6.42 Å². The summed E-state index contributed by atoms with van der Waals surface area (Å²) in [4.78, 5) is 12.1. The van der Waals surface area contributed by atoms with Crippen molar-refractivity contribution in [3.8, 4) is 0 Å². The van der Waals surface area contributed by atoms with Crippen LogP contribution in [0.15, 0.2) is 29.2 Å². The molecular formula is C12H16O3S. The molecule has 1 aromatic rings. The van der Waals surface area contributed by atoms with Crippen LogP contribution in [0.25, 0.3) is 0 Å². The highest BCUT2D eigenvalue weighted by Crippen LogP contribution is 2.27. The number of aliphatic carboxylic acids is 1. The van der Waals surface area contributed by atoms with Gasteiger partial charge in [0.15, 0.2) is 5.60 Å². The zero-order valence-corrected chi connectivity index (χ0v) is 10.3. The third kappa shape index (κ3) is 2.57. The fourth-order valence-electron chi connectivity index (χ4n) is 1.47. The molecule has 0 heterocycles. The summed E-state index contributed by atoms with van der Waals surface area (Å²) in [6.45, 7) is 3.71. The summed E-state index contributed by atoms with van der Waals surface area (Å²) >= 11 is 1.68. The lowest BCUT2D eigenvalue weighted by atomic mass is 9.91. The van der Waals surface area contributed by atoms with Gasteiger partial charge in [-0.2, -0.15) is 0 Å². The van der Waals surface area contributed by atoms with Gasteiger partial charge in [-0.3, -0.25) is 0 Å². The molecule has 0 amide bonds. The molecule has 0 bridgehead atoms. The van der Waals surface area contributed by atoms with E-state index in [1.54, 1.807) is 30.8 Å². The first-order valence-electron chi connectivity index (χ1n) is 5.23. The fourth-order valence-corrected chi connectivity index (χ4v) is 2.13. The van der Waals surface area contributed by atoms with Crippen molar-refractivity contribution < 1.29 is 15.0 Å². The second-order valence-electron chi connectivity index (χ2n) is 3.48. The molecule has 4 heteroatoms. The topological polar surface area (TPSA) is 57.5 Å². The summed E-state index contributed by atoms with van der Waals surface area (Å²) in [5.41, 5.74) is -1.34. The number of aliphatic hydroxyl groups is 1. The number of thioether (sulfide) groups is 1. The van der Waals surface area contributed by atoms with Crippen molar-refractivity contribution in [2.24, 2.45) is 0 Å². The largest absolute Gasteiger partial charge is 0.479 e. The lowest BCUT2D eigenvalue weighted by Crippen LogP contribution is -2.34. The summed E-state index contributed by atoms with van der Waals surface area (Å²) in [7, 11) is 0. The van der Waals surface area contributed by atoms with Gasteiger partial charge in [-0.1, -0.05) is 26.0 Å². The minimum Gasteiger partial charge on any atom is -0.479 e. The molecular weight excluding hydrogens is 224 g/mol. The van der Waals surface area contributed by atoms with Crippen LogP contribution in [0, 0.1) is 0 Å². The molecule has 0 fully saturated rings. The Bertz CT molecular complexity index is 361. The summed E-state index contributed by atoms with van der Waals surface area (Å²) < 4.78 is 0. The molecule has 2 N–H and O–H groups in total. The second-order valence-corrected chi connectivity index (χ2v) is 4.81. The minimum absolute atomic E-state index is 0.155. The first-order chi connectivity index (χ1) is 7.54. The molecule has 0 aliphatic heterocycles. The van der Waals surface area contributed by atoms with Gasteiger partial charge < -0.3 is 10.2 Å². The number of carboxylic acids is 1. The predicted octanol–water partition coefficient (Wildman–Crippen LogP) is 2.48. The Morgan fingerprint density at radius 2 is 1.88 bits per heavy atom. The van der Waals surface area contributed by atoms with E-state index in [2.05, 4.69) is 6.92 Å². The Morgan fingerprint density at radius 3 is 2.25 bits per heavy atom. The van der Waals surface area contributed by atoms with Crippen LogP contribution >= 0.6 is 11.8 Å². The van der Waals surface area contributed by atoms with Gasteiger partial charge in [0.05, 0.1) is 0 Å². The van der Waals surface area contributed by atoms with Crippen LogP contribution in [0.3, 0.4) is 0 Å². The van der Waals surface area contributed by atoms with Crippen LogP contribution < -0.4 is 0 Å². The molecule has 1 aromatic carbocycles. The van der Waals surface area contributed by atoms with Crippen LogP contribution in [0.1, 0.15) is 25.8 Å². The van der Waals surface area contributed by atoms with Gasteiger partial charge >= 0.3 is 5.97 Å². The smallest absolute Gasteiger partial charge is 0.340 e. The Labute approximate surface area is 99.5 Å². The maximum atomic E-state index is 11.0. The van der Waals surface area contributed by atoms with Gasteiger partial charge in [0.1, 0.15) is 0 Å². The minimum atomic E-state index is -1.77. The zero-order chi connectivity index (χ0) is 12.2. The van der Waals surface area contributed by atoms with Gasteiger partial charge in [-0.25, -0.2) is 4.79 Å². The van der Waals surface area contributed by atoms with Gasteiger partial charge in [0.2, 0.25) is 0 Å². The summed E-state index contributed by atoms with van der Waals surface area (Å²) in [5.74, 6) is -0.234. The Hall–Kier alpha value is -1.00. The normalized spacial score (nSPS) is 14.4. The first kappa shape index (κ1) is 13.1. The fraction of sp³-hybridized carbons (Fsp3) is 0.417. The third-order valence-corrected chi connectivity index (χ3v) is 3.40. The predicted molar refractivity (Wildman–Crippen MR) is 64.7 cm³/mol. The SMILES string of the molecule is CCSc1ccc(C(O)(CC)C(=O)O)cc1. The van der Waals surface area contributed by atoms with Crippen LogP contribution in [0.5, 0.6) is 0 Å². The molecule has 0 spiro atoms. The monoisotopic (exact) mass is 240 g/mol. The lowest BCUT2D eigenvalue weighted by Gasteiger charge is -2.22. The molecule has 0 saturated carbocycles. The average Bonchev–Trinajstić information content (AvgIpc) is 2.29. The number of carboxylic acid groups (broad SMARTS) is 1. The number of rotatable bonds is 5. The van der Waals surface area contributed by atoms with E-state index in [0.717, 1.165) is 10.6 Å². The molecule has 0 saturated heterocycles. The van der Waals surface area contributed by atoms with Crippen molar-refractivity contribution in [1.82, 2.24) is 0 Å². The number of hydrogen-bond acceptors (Lipinski definition) is 3. The van der Waals surface area contributed by atoms with E-state index in [1.807, 2.05) is 12.1 Å². The standard InChI is InChI=1S/C12H16O3S/c1-3-12(15,11(13)14)9-5-7-10(8-6-9)16-4-2/h5-8,15H,3-4H2,1-2H3,(H,13,14). The van der Waals surface area contributed by atoms with E-state index in [0.29, 0.717) is 5.56 Å². The molecule has 0 aliphatic rings. The van der Waals surface area contributed by atoms with Crippen molar-refractivity contribution >= 4 is 17.7 Å². The summed E-state index contributed by atoms with van der Waals surface area (Å²) in [6, 6.07) is 7.03. The van der Waals surface area contributed by atoms with Crippen molar-refractivity contribution in [3.63, 3.8) is 0 Å². The van der Waals surface area contributed by atoms with E-state index < -0.39 is 11.6 Å². The van der Waals surface area contributed by atoms with E-state index in [9.17, 15) is 9.90 Å². The highest BCUT2D eigenvalue weighted by molar-refractivity contribution is 7.99. The van der Waals surface area contributed by atoms with Gasteiger partial charge in [-0.15, -0.1) is 11.8 Å². The molecule has 1 rings (SSSR count). The molecule has 1 unspecified atom stereocenters. The van der Waals surface area contributed by atoms with Crippen molar-refractivity contribution in [2.75, 3.05) is 5.75 Å². The lowest BCUT2D eigenvalue weighted by molar-refractivity contribution is -0.160. The first-order valence-corrected chi connectivity index (χ1v) is 6.22. The van der Waals surface area contributed by atoms with Crippen LogP contribution in [-0.4, -0.2) is 21.9 Å². The van der Waals surface area contributed by atoms with E-state index in [4.69, 9.17) is 5.11 Å². The third-order valence-electron chi connectivity index (χ3n) is 2.51. The van der Waals surface area contributed by atoms with Gasteiger partial charge in [0, 0.05) is 4.90 Å². The zero-order valence-electron chi connectivity index (χ0n) is 9.43. The van der Waals surface area contributed by atoms with Crippen LogP contribution in [0.4, 0.5) is 0 Å². The average molecular weight is 240 g/mol. The molecule has 0 aliphatic carbocycles. The molecule has 16 heavy (non-hydrogen) atoms. The number of benzene rings is 1. The maximum Gasteiger partial charge on any atom is 0.340 e. The molecule has 0 radical (unpaired) electrons. The van der Waals surface area contributed by atoms with Crippen molar-refractivity contribution in [3.05, 3.63) is 29.8 Å². The quantitative estimate of drug-likeness (QED) is 0.776. The van der Waals surface area contributed by atoms with E-state index in [1.165, 1.54) is 0 Å². The Kier molecular flexibility index (Phi) is 4.38. The van der Waals surface area contributed by atoms with Crippen LogP contribution in [-0.2, 0) is 10.4 Å². The van der Waals surface area contributed by atoms with Gasteiger partial charge in [0.25, 0.3) is 0 Å². The van der Waals surface area contributed by atoms with Crippen molar-refractivity contribution in [2.45, 2.75) is 30.8 Å². The number of carbonyl (C=O) groups is 1. The van der Waals surface area contributed by atoms with E-state index >= 15 is 0 Å². The Morgan fingerprint density at radius 1 is 1.31 bits per heavy atom. The maximum absolute atomic E-state index is 11.0. The molecule has 3 nitrogen and oxygen atoms in total. The highest BCUT2D eigenvalue weighted by atomic mass is 32.2.